The number of aryl methyl sites for hydroxylation is 1. The van der Waals surface area contributed by atoms with Gasteiger partial charge in [0.05, 0.1) is 12.6 Å². The second-order valence-electron chi connectivity index (χ2n) is 3.87. The Bertz CT molecular complexity index is 335. The first-order valence-electron chi connectivity index (χ1n) is 4.95. The van der Waals surface area contributed by atoms with E-state index >= 15 is 0 Å². The predicted octanol–water partition coefficient (Wildman–Crippen LogP) is 1.05. The fourth-order valence-electron chi connectivity index (χ4n) is 1.07. The number of hydrogen-bond donors (Lipinski definition) is 2. The number of thiazole rings is 1. The molecule has 3 N–H and O–H groups in total. The normalized spacial score (nSPS) is 12.9. The summed E-state index contributed by atoms with van der Waals surface area (Å²) >= 11 is 1.54. The third-order valence-corrected chi connectivity index (χ3v) is 3.07. The van der Waals surface area contributed by atoms with Gasteiger partial charge in [0.15, 0.2) is 0 Å². The molecular weight excluding hydrogens is 210 g/mol. The lowest BCUT2D eigenvalue weighted by Gasteiger charge is -2.14. The fraction of sp³-hybridized carbons (Fsp3) is 0.600. The molecule has 1 heterocycles. The molecule has 0 aliphatic heterocycles. The molecule has 0 bridgehead atoms. The number of carbonyl (C=O) groups is 1. The van der Waals surface area contributed by atoms with Gasteiger partial charge in [0.25, 0.3) is 0 Å². The maximum absolute atomic E-state index is 11.5. The highest BCUT2D eigenvalue weighted by Crippen LogP contribution is 2.08. The predicted molar refractivity (Wildman–Crippen MR) is 61.5 cm³/mol. The first-order valence-corrected chi connectivity index (χ1v) is 5.83. The molecule has 1 amide bonds. The molecule has 0 saturated carbocycles. The highest BCUT2D eigenvalue weighted by molar-refractivity contribution is 7.09. The van der Waals surface area contributed by atoms with Crippen LogP contribution in [0, 0.1) is 12.8 Å². The highest BCUT2D eigenvalue weighted by Gasteiger charge is 2.16. The van der Waals surface area contributed by atoms with Crippen LogP contribution in [0.2, 0.25) is 0 Å². The van der Waals surface area contributed by atoms with Crippen molar-refractivity contribution in [3.63, 3.8) is 0 Å². The Kier molecular flexibility index (Phi) is 4.23. The number of nitrogens with zero attached hydrogens (tertiary/aromatic N) is 1. The Morgan fingerprint density at radius 2 is 2.33 bits per heavy atom. The van der Waals surface area contributed by atoms with Crippen molar-refractivity contribution in [2.75, 3.05) is 0 Å². The van der Waals surface area contributed by atoms with Gasteiger partial charge in [-0.3, -0.25) is 4.79 Å². The Morgan fingerprint density at radius 1 is 1.67 bits per heavy atom. The maximum atomic E-state index is 11.5. The third-order valence-electron chi connectivity index (χ3n) is 2.10. The zero-order valence-electron chi connectivity index (χ0n) is 9.28. The van der Waals surface area contributed by atoms with Crippen LogP contribution in [-0.4, -0.2) is 16.9 Å². The number of nitrogens with one attached hydrogen (secondary N) is 1. The van der Waals surface area contributed by atoms with Gasteiger partial charge < -0.3 is 11.1 Å². The van der Waals surface area contributed by atoms with E-state index in [0.717, 1.165) is 10.7 Å². The van der Waals surface area contributed by atoms with Crippen molar-refractivity contribution < 1.29 is 4.79 Å². The molecule has 0 aromatic carbocycles. The summed E-state index contributed by atoms with van der Waals surface area (Å²) in [6.07, 6.45) is 0. The molecular formula is C10H17N3OS. The Labute approximate surface area is 93.9 Å². The summed E-state index contributed by atoms with van der Waals surface area (Å²) in [5.41, 5.74) is 6.68. The summed E-state index contributed by atoms with van der Waals surface area (Å²) in [5.74, 6) is 0.0425. The van der Waals surface area contributed by atoms with Crippen LogP contribution in [0.25, 0.3) is 0 Å². The van der Waals surface area contributed by atoms with Crippen LogP contribution in [0.4, 0.5) is 0 Å². The van der Waals surface area contributed by atoms with Crippen molar-refractivity contribution in [3.05, 3.63) is 16.1 Å². The summed E-state index contributed by atoms with van der Waals surface area (Å²) in [7, 11) is 0. The molecule has 4 nitrogen and oxygen atoms in total. The molecule has 1 aromatic rings. The number of amides is 1. The Morgan fingerprint density at radius 3 is 2.80 bits per heavy atom. The van der Waals surface area contributed by atoms with Gasteiger partial charge in [-0.25, -0.2) is 4.98 Å². The molecule has 1 aromatic heterocycles. The summed E-state index contributed by atoms with van der Waals surface area (Å²) in [6.45, 7) is 6.26. The lowest BCUT2D eigenvalue weighted by atomic mass is 10.1. The molecule has 0 saturated heterocycles. The van der Waals surface area contributed by atoms with Crippen LogP contribution in [0.1, 0.15) is 24.5 Å². The van der Waals surface area contributed by atoms with E-state index in [9.17, 15) is 4.79 Å². The van der Waals surface area contributed by atoms with Gasteiger partial charge in [0.2, 0.25) is 5.91 Å². The monoisotopic (exact) mass is 227 g/mol. The molecule has 15 heavy (non-hydrogen) atoms. The molecule has 0 fully saturated rings. The first kappa shape index (κ1) is 12.1. The molecule has 0 spiro atoms. The molecule has 84 valence electrons. The summed E-state index contributed by atoms with van der Waals surface area (Å²) < 4.78 is 0. The summed E-state index contributed by atoms with van der Waals surface area (Å²) in [4.78, 5) is 15.8. The van der Waals surface area contributed by atoms with Crippen LogP contribution in [0.3, 0.4) is 0 Å². The lowest BCUT2D eigenvalue weighted by Crippen LogP contribution is -2.43. The van der Waals surface area contributed by atoms with E-state index in [1.807, 2.05) is 26.2 Å². The number of aromatic nitrogens is 1. The lowest BCUT2D eigenvalue weighted by molar-refractivity contribution is -0.123. The van der Waals surface area contributed by atoms with Crippen LogP contribution < -0.4 is 11.1 Å². The van der Waals surface area contributed by atoms with E-state index in [4.69, 9.17) is 5.73 Å². The Balaban J connectivity index is 2.40. The van der Waals surface area contributed by atoms with Crippen LogP contribution in [-0.2, 0) is 11.3 Å². The summed E-state index contributed by atoms with van der Waals surface area (Å²) in [5, 5.41) is 5.65. The van der Waals surface area contributed by atoms with Gasteiger partial charge >= 0.3 is 0 Å². The zero-order valence-corrected chi connectivity index (χ0v) is 10.1. The van der Waals surface area contributed by atoms with E-state index in [2.05, 4.69) is 10.3 Å². The van der Waals surface area contributed by atoms with Gasteiger partial charge in [-0.1, -0.05) is 13.8 Å². The third kappa shape index (κ3) is 3.60. The first-order chi connectivity index (χ1) is 7.00. The largest absolute Gasteiger partial charge is 0.348 e. The topological polar surface area (TPSA) is 68.0 Å². The smallest absolute Gasteiger partial charge is 0.237 e. The van der Waals surface area contributed by atoms with Gasteiger partial charge in [-0.2, -0.15) is 0 Å². The van der Waals surface area contributed by atoms with Gasteiger partial charge in [-0.15, -0.1) is 11.3 Å². The van der Waals surface area contributed by atoms with E-state index < -0.39 is 6.04 Å². The van der Waals surface area contributed by atoms with Crippen molar-refractivity contribution in [1.82, 2.24) is 10.3 Å². The van der Waals surface area contributed by atoms with E-state index in [1.165, 1.54) is 0 Å². The number of hydrogen-bond acceptors (Lipinski definition) is 4. The SMILES string of the molecule is Cc1csc(CNC(=O)C(N)C(C)C)n1. The van der Waals surface area contributed by atoms with E-state index in [-0.39, 0.29) is 11.8 Å². The Hall–Kier alpha value is -0.940. The molecule has 1 unspecified atom stereocenters. The van der Waals surface area contributed by atoms with Crippen LogP contribution >= 0.6 is 11.3 Å². The minimum Gasteiger partial charge on any atom is -0.348 e. The fourth-order valence-corrected chi connectivity index (χ4v) is 1.78. The van der Waals surface area contributed by atoms with Crippen molar-refractivity contribution in [3.8, 4) is 0 Å². The van der Waals surface area contributed by atoms with Crippen molar-refractivity contribution >= 4 is 17.2 Å². The standard InChI is InChI=1S/C10H17N3OS/c1-6(2)9(11)10(14)12-4-8-13-7(3)5-15-8/h5-6,9H,4,11H2,1-3H3,(H,12,14). The van der Waals surface area contributed by atoms with Gasteiger partial charge in [0.1, 0.15) is 5.01 Å². The van der Waals surface area contributed by atoms with Crippen molar-refractivity contribution in [1.29, 1.82) is 0 Å². The quantitative estimate of drug-likeness (QED) is 0.808. The molecule has 1 atom stereocenters. The van der Waals surface area contributed by atoms with Crippen LogP contribution in [0.5, 0.6) is 0 Å². The number of rotatable bonds is 4. The van der Waals surface area contributed by atoms with Crippen LogP contribution in [0.15, 0.2) is 5.38 Å². The molecule has 0 aliphatic rings. The minimum absolute atomic E-state index is 0.113. The molecule has 0 radical (unpaired) electrons. The number of carbonyl (C=O) groups excluding carboxylic acids is 1. The molecule has 1 rings (SSSR count). The van der Waals surface area contributed by atoms with Gasteiger partial charge in [0, 0.05) is 11.1 Å². The summed E-state index contributed by atoms with van der Waals surface area (Å²) in [6, 6.07) is -0.439. The average molecular weight is 227 g/mol. The molecule has 5 heteroatoms. The molecule has 0 aliphatic carbocycles. The van der Waals surface area contributed by atoms with E-state index in [0.29, 0.717) is 6.54 Å². The van der Waals surface area contributed by atoms with E-state index in [1.54, 1.807) is 11.3 Å². The maximum Gasteiger partial charge on any atom is 0.237 e. The zero-order chi connectivity index (χ0) is 11.4. The minimum atomic E-state index is -0.439. The van der Waals surface area contributed by atoms with Gasteiger partial charge in [-0.05, 0) is 12.8 Å². The average Bonchev–Trinajstić information content (AvgIpc) is 2.59. The highest BCUT2D eigenvalue weighted by atomic mass is 32.1. The second-order valence-corrected chi connectivity index (χ2v) is 4.81. The van der Waals surface area contributed by atoms with Crippen molar-refractivity contribution in [2.24, 2.45) is 11.7 Å². The van der Waals surface area contributed by atoms with Crippen molar-refractivity contribution in [2.45, 2.75) is 33.4 Å². The number of nitrogens with two attached hydrogens (primary N) is 1. The second kappa shape index (κ2) is 5.23.